The van der Waals surface area contributed by atoms with E-state index in [4.69, 9.17) is 4.74 Å². The van der Waals surface area contributed by atoms with Gasteiger partial charge < -0.3 is 4.74 Å². The standard InChI is InChI=1S/C12H24O2/c1-4-6-7-8-9-10-11(13)12(5-2)14-3/h12H,4-10H2,1-3H3. The van der Waals surface area contributed by atoms with Crippen molar-refractivity contribution in [1.29, 1.82) is 0 Å². The zero-order valence-electron chi connectivity index (χ0n) is 9.84. The Kier molecular flexibility index (Phi) is 8.95. The maximum Gasteiger partial charge on any atom is 0.161 e. The third-order valence-corrected chi connectivity index (χ3v) is 2.54. The van der Waals surface area contributed by atoms with Gasteiger partial charge in [0.15, 0.2) is 5.78 Å². The minimum absolute atomic E-state index is 0.166. The average Bonchev–Trinajstić information content (AvgIpc) is 2.19. The van der Waals surface area contributed by atoms with Crippen LogP contribution in [0.15, 0.2) is 0 Å². The van der Waals surface area contributed by atoms with E-state index in [1.807, 2.05) is 6.92 Å². The van der Waals surface area contributed by atoms with Gasteiger partial charge in [0, 0.05) is 13.5 Å². The van der Waals surface area contributed by atoms with E-state index in [1.165, 1.54) is 25.7 Å². The lowest BCUT2D eigenvalue weighted by atomic mass is 10.0. The molecule has 0 spiro atoms. The van der Waals surface area contributed by atoms with Crippen LogP contribution in [-0.2, 0) is 9.53 Å². The van der Waals surface area contributed by atoms with Crippen LogP contribution in [0.2, 0.25) is 0 Å². The van der Waals surface area contributed by atoms with Gasteiger partial charge in [0.25, 0.3) is 0 Å². The number of Topliss-reactive ketones (excluding diaryl/α,β-unsaturated/α-hetero) is 1. The first-order chi connectivity index (χ1) is 6.76. The molecule has 0 aliphatic heterocycles. The number of methoxy groups -OCH3 is 1. The molecular formula is C12H24O2. The smallest absolute Gasteiger partial charge is 0.161 e. The highest BCUT2D eigenvalue weighted by atomic mass is 16.5. The second-order valence-electron chi connectivity index (χ2n) is 3.76. The van der Waals surface area contributed by atoms with Crippen molar-refractivity contribution in [2.24, 2.45) is 0 Å². The number of hydrogen-bond acceptors (Lipinski definition) is 2. The van der Waals surface area contributed by atoms with Crippen LogP contribution >= 0.6 is 0 Å². The second-order valence-corrected chi connectivity index (χ2v) is 3.76. The average molecular weight is 200 g/mol. The number of carbonyl (C=O) groups is 1. The Labute approximate surface area is 88.0 Å². The lowest BCUT2D eigenvalue weighted by molar-refractivity contribution is -0.129. The number of ketones is 1. The van der Waals surface area contributed by atoms with Crippen LogP contribution in [0.1, 0.15) is 58.8 Å². The molecular weight excluding hydrogens is 176 g/mol. The highest BCUT2D eigenvalue weighted by molar-refractivity contribution is 5.82. The van der Waals surface area contributed by atoms with Gasteiger partial charge in [-0.05, 0) is 12.8 Å². The molecule has 0 aliphatic carbocycles. The Morgan fingerprint density at radius 2 is 1.79 bits per heavy atom. The Morgan fingerprint density at radius 1 is 1.14 bits per heavy atom. The zero-order valence-corrected chi connectivity index (χ0v) is 9.84. The number of unbranched alkanes of at least 4 members (excludes halogenated alkanes) is 4. The molecule has 0 aromatic heterocycles. The summed E-state index contributed by atoms with van der Waals surface area (Å²) in [5, 5.41) is 0. The minimum Gasteiger partial charge on any atom is -0.374 e. The van der Waals surface area contributed by atoms with Crippen molar-refractivity contribution in [3.05, 3.63) is 0 Å². The number of ether oxygens (including phenoxy) is 1. The molecule has 1 unspecified atom stereocenters. The molecule has 0 aromatic carbocycles. The van der Waals surface area contributed by atoms with Gasteiger partial charge in [-0.1, -0.05) is 39.5 Å². The molecule has 84 valence electrons. The molecule has 0 saturated carbocycles. The fraction of sp³-hybridized carbons (Fsp3) is 0.917. The Morgan fingerprint density at radius 3 is 2.29 bits per heavy atom. The van der Waals surface area contributed by atoms with E-state index in [-0.39, 0.29) is 11.9 Å². The Balaban J connectivity index is 3.43. The van der Waals surface area contributed by atoms with Crippen molar-refractivity contribution in [2.45, 2.75) is 64.9 Å². The van der Waals surface area contributed by atoms with Crippen LogP contribution in [0.4, 0.5) is 0 Å². The molecule has 0 amide bonds. The first-order valence-corrected chi connectivity index (χ1v) is 5.81. The summed E-state index contributed by atoms with van der Waals surface area (Å²) >= 11 is 0. The molecule has 14 heavy (non-hydrogen) atoms. The first kappa shape index (κ1) is 13.6. The van der Waals surface area contributed by atoms with E-state index in [9.17, 15) is 4.79 Å². The third kappa shape index (κ3) is 6.14. The first-order valence-electron chi connectivity index (χ1n) is 5.81. The quantitative estimate of drug-likeness (QED) is 0.534. The number of rotatable bonds is 9. The summed E-state index contributed by atoms with van der Waals surface area (Å²) in [7, 11) is 1.61. The van der Waals surface area contributed by atoms with Crippen LogP contribution in [-0.4, -0.2) is 19.0 Å². The maximum atomic E-state index is 11.5. The largest absolute Gasteiger partial charge is 0.374 e. The van der Waals surface area contributed by atoms with Crippen molar-refractivity contribution >= 4 is 5.78 Å². The monoisotopic (exact) mass is 200 g/mol. The van der Waals surface area contributed by atoms with Crippen LogP contribution in [0, 0.1) is 0 Å². The van der Waals surface area contributed by atoms with Gasteiger partial charge in [-0.3, -0.25) is 4.79 Å². The molecule has 0 aromatic rings. The SMILES string of the molecule is CCCCCCCC(=O)C(CC)OC. The predicted molar refractivity (Wildman–Crippen MR) is 59.5 cm³/mol. The molecule has 0 bridgehead atoms. The lowest BCUT2D eigenvalue weighted by Gasteiger charge is -2.10. The summed E-state index contributed by atoms with van der Waals surface area (Å²) < 4.78 is 5.09. The van der Waals surface area contributed by atoms with Crippen LogP contribution in [0.5, 0.6) is 0 Å². The van der Waals surface area contributed by atoms with E-state index < -0.39 is 0 Å². The maximum absolute atomic E-state index is 11.5. The topological polar surface area (TPSA) is 26.3 Å². The fourth-order valence-corrected chi connectivity index (χ4v) is 1.59. The molecule has 0 aliphatic rings. The molecule has 0 heterocycles. The van der Waals surface area contributed by atoms with E-state index in [2.05, 4.69) is 6.92 Å². The highest BCUT2D eigenvalue weighted by Gasteiger charge is 2.13. The predicted octanol–water partition coefficient (Wildman–Crippen LogP) is 3.34. The number of carbonyl (C=O) groups excluding carboxylic acids is 1. The van der Waals surface area contributed by atoms with E-state index >= 15 is 0 Å². The molecule has 0 N–H and O–H groups in total. The van der Waals surface area contributed by atoms with Crippen LogP contribution in [0.25, 0.3) is 0 Å². The molecule has 2 nitrogen and oxygen atoms in total. The third-order valence-electron chi connectivity index (χ3n) is 2.54. The molecule has 0 radical (unpaired) electrons. The molecule has 2 heteroatoms. The van der Waals surface area contributed by atoms with Crippen molar-refractivity contribution in [1.82, 2.24) is 0 Å². The number of hydrogen-bond donors (Lipinski definition) is 0. The van der Waals surface area contributed by atoms with Gasteiger partial charge in [0.05, 0.1) is 0 Å². The van der Waals surface area contributed by atoms with Gasteiger partial charge in [-0.2, -0.15) is 0 Å². The van der Waals surface area contributed by atoms with Crippen molar-refractivity contribution in [2.75, 3.05) is 7.11 Å². The lowest BCUT2D eigenvalue weighted by Crippen LogP contribution is -2.21. The Bertz CT molecular complexity index is 139. The molecule has 1 atom stereocenters. The Hall–Kier alpha value is -0.370. The van der Waals surface area contributed by atoms with Gasteiger partial charge >= 0.3 is 0 Å². The van der Waals surface area contributed by atoms with Crippen LogP contribution < -0.4 is 0 Å². The van der Waals surface area contributed by atoms with Crippen LogP contribution in [0.3, 0.4) is 0 Å². The van der Waals surface area contributed by atoms with Crippen molar-refractivity contribution < 1.29 is 9.53 Å². The van der Waals surface area contributed by atoms with E-state index in [0.29, 0.717) is 6.42 Å². The normalized spacial score (nSPS) is 12.8. The zero-order chi connectivity index (χ0) is 10.8. The van der Waals surface area contributed by atoms with Gasteiger partial charge in [0.1, 0.15) is 6.10 Å². The summed E-state index contributed by atoms with van der Waals surface area (Å²) in [6.07, 6.45) is 7.33. The highest BCUT2D eigenvalue weighted by Crippen LogP contribution is 2.08. The minimum atomic E-state index is -0.166. The summed E-state index contributed by atoms with van der Waals surface area (Å²) in [6, 6.07) is 0. The van der Waals surface area contributed by atoms with Crippen molar-refractivity contribution in [3.8, 4) is 0 Å². The van der Waals surface area contributed by atoms with E-state index in [0.717, 1.165) is 12.8 Å². The summed E-state index contributed by atoms with van der Waals surface area (Å²) in [5.74, 6) is 0.270. The van der Waals surface area contributed by atoms with Gasteiger partial charge in [-0.15, -0.1) is 0 Å². The van der Waals surface area contributed by atoms with E-state index in [1.54, 1.807) is 7.11 Å². The fourth-order valence-electron chi connectivity index (χ4n) is 1.59. The molecule has 0 fully saturated rings. The second kappa shape index (κ2) is 9.20. The summed E-state index contributed by atoms with van der Waals surface area (Å²) in [4.78, 5) is 11.5. The van der Waals surface area contributed by atoms with Gasteiger partial charge in [0.2, 0.25) is 0 Å². The summed E-state index contributed by atoms with van der Waals surface area (Å²) in [6.45, 7) is 4.19. The van der Waals surface area contributed by atoms with Gasteiger partial charge in [-0.25, -0.2) is 0 Å². The molecule has 0 saturated heterocycles. The van der Waals surface area contributed by atoms with Crippen molar-refractivity contribution in [3.63, 3.8) is 0 Å². The molecule has 0 rings (SSSR count). The summed E-state index contributed by atoms with van der Waals surface area (Å²) in [5.41, 5.74) is 0.